The molecule has 0 fully saturated rings. The van der Waals surface area contributed by atoms with Gasteiger partial charge in [-0.2, -0.15) is 0 Å². The van der Waals surface area contributed by atoms with Gasteiger partial charge in [-0.3, -0.25) is 14.9 Å². The average Bonchev–Trinajstić information content (AvgIpc) is 2.64. The summed E-state index contributed by atoms with van der Waals surface area (Å²) in [7, 11) is 1.34. The van der Waals surface area contributed by atoms with E-state index in [1.807, 2.05) is 30.3 Å². The maximum atomic E-state index is 11.8. The van der Waals surface area contributed by atoms with E-state index in [1.54, 1.807) is 11.8 Å². The van der Waals surface area contributed by atoms with Gasteiger partial charge in [0.05, 0.1) is 12.0 Å². The van der Waals surface area contributed by atoms with Crippen LogP contribution in [-0.2, 0) is 4.79 Å². The second-order valence-electron chi connectivity index (χ2n) is 4.89. The summed E-state index contributed by atoms with van der Waals surface area (Å²) >= 11 is 1.65. The van der Waals surface area contributed by atoms with Gasteiger partial charge in [0, 0.05) is 29.3 Å². The Bertz CT molecular complexity index is 724. The van der Waals surface area contributed by atoms with Gasteiger partial charge in [0.2, 0.25) is 5.75 Å². The van der Waals surface area contributed by atoms with Crippen LogP contribution in [0.5, 0.6) is 11.5 Å². The van der Waals surface area contributed by atoms with Gasteiger partial charge in [0.1, 0.15) is 5.75 Å². The molecule has 0 saturated carbocycles. The Morgan fingerprint density at radius 2 is 2.00 bits per heavy atom. The summed E-state index contributed by atoms with van der Waals surface area (Å²) in [5.41, 5.74) is -0.155. The van der Waals surface area contributed by atoms with E-state index < -0.39 is 4.92 Å². The Morgan fingerprint density at radius 3 is 2.68 bits per heavy atom. The molecule has 2 rings (SSSR count). The minimum Gasteiger partial charge on any atom is -0.490 e. The molecule has 1 amide bonds. The molecule has 0 aliphatic rings. The van der Waals surface area contributed by atoms with Crippen LogP contribution in [0.25, 0.3) is 0 Å². The van der Waals surface area contributed by atoms with Crippen LogP contribution in [0.3, 0.4) is 0 Å². The number of methoxy groups -OCH3 is 1. The fourth-order valence-electron chi connectivity index (χ4n) is 1.97. The standard InChI is InChI=1S/C17H18N2O5S/c1-23-16-11-13(7-8-15(16)19(21)22)24-12-17(20)18-9-10-25-14-5-3-2-4-6-14/h2-8,11H,9-10,12H2,1H3,(H,18,20). The Balaban J connectivity index is 1.73. The predicted molar refractivity (Wildman–Crippen MR) is 95.3 cm³/mol. The van der Waals surface area contributed by atoms with Crippen molar-refractivity contribution in [3.8, 4) is 11.5 Å². The highest BCUT2D eigenvalue weighted by molar-refractivity contribution is 7.99. The van der Waals surface area contributed by atoms with Crippen LogP contribution in [0.4, 0.5) is 5.69 Å². The van der Waals surface area contributed by atoms with Crippen molar-refractivity contribution in [3.05, 3.63) is 58.6 Å². The van der Waals surface area contributed by atoms with Gasteiger partial charge in [0.25, 0.3) is 5.91 Å². The van der Waals surface area contributed by atoms with Crippen molar-refractivity contribution in [2.24, 2.45) is 0 Å². The quantitative estimate of drug-likeness (QED) is 0.319. The smallest absolute Gasteiger partial charge is 0.311 e. The number of carbonyl (C=O) groups excluding carboxylic acids is 1. The summed E-state index contributed by atoms with van der Waals surface area (Å²) in [6, 6.07) is 14.0. The summed E-state index contributed by atoms with van der Waals surface area (Å²) in [4.78, 5) is 23.2. The van der Waals surface area contributed by atoms with E-state index in [0.29, 0.717) is 12.3 Å². The molecule has 132 valence electrons. The summed E-state index contributed by atoms with van der Waals surface area (Å²) < 4.78 is 10.3. The Hall–Kier alpha value is -2.74. The minimum atomic E-state index is -0.542. The molecule has 0 bridgehead atoms. The first-order valence-electron chi connectivity index (χ1n) is 7.50. The second kappa shape index (κ2) is 9.53. The fourth-order valence-corrected chi connectivity index (χ4v) is 2.76. The minimum absolute atomic E-state index is 0.0853. The third kappa shape index (κ3) is 6.00. The molecule has 2 aromatic rings. The highest BCUT2D eigenvalue weighted by atomic mass is 32.2. The lowest BCUT2D eigenvalue weighted by atomic mass is 10.3. The van der Waals surface area contributed by atoms with Crippen LogP contribution in [0.1, 0.15) is 0 Å². The normalized spacial score (nSPS) is 10.1. The number of rotatable bonds is 9. The number of nitro groups is 1. The third-order valence-corrected chi connectivity index (χ3v) is 4.17. The average molecular weight is 362 g/mol. The third-order valence-electron chi connectivity index (χ3n) is 3.15. The van der Waals surface area contributed by atoms with Crippen molar-refractivity contribution < 1.29 is 19.2 Å². The van der Waals surface area contributed by atoms with Crippen molar-refractivity contribution >= 4 is 23.4 Å². The van der Waals surface area contributed by atoms with E-state index in [4.69, 9.17) is 9.47 Å². The number of hydrogen-bond donors (Lipinski definition) is 1. The first-order valence-corrected chi connectivity index (χ1v) is 8.48. The maximum absolute atomic E-state index is 11.8. The molecule has 0 spiro atoms. The Morgan fingerprint density at radius 1 is 1.24 bits per heavy atom. The summed E-state index contributed by atoms with van der Waals surface area (Å²) in [6.45, 7) is 0.350. The molecule has 0 aliphatic heterocycles. The largest absolute Gasteiger partial charge is 0.490 e. The zero-order chi connectivity index (χ0) is 18.1. The molecule has 0 atom stereocenters. The maximum Gasteiger partial charge on any atom is 0.311 e. The van der Waals surface area contributed by atoms with Gasteiger partial charge >= 0.3 is 5.69 Å². The Kier molecular flexibility index (Phi) is 7.09. The van der Waals surface area contributed by atoms with Gasteiger partial charge in [-0.15, -0.1) is 11.8 Å². The van der Waals surface area contributed by atoms with Gasteiger partial charge in [-0.1, -0.05) is 18.2 Å². The summed E-state index contributed by atoms with van der Waals surface area (Å²) in [6.07, 6.45) is 0. The fraction of sp³-hybridized carbons (Fsp3) is 0.235. The molecule has 2 aromatic carbocycles. The van der Waals surface area contributed by atoms with Crippen LogP contribution >= 0.6 is 11.8 Å². The van der Waals surface area contributed by atoms with E-state index in [-0.39, 0.29) is 24.0 Å². The molecule has 7 nitrogen and oxygen atoms in total. The van der Waals surface area contributed by atoms with Crippen LogP contribution in [-0.4, -0.2) is 36.8 Å². The van der Waals surface area contributed by atoms with Crippen molar-refractivity contribution in [2.45, 2.75) is 4.90 Å². The Labute approximate surface area is 149 Å². The molecular formula is C17H18N2O5S. The lowest BCUT2D eigenvalue weighted by molar-refractivity contribution is -0.385. The van der Waals surface area contributed by atoms with Crippen LogP contribution in [0.2, 0.25) is 0 Å². The van der Waals surface area contributed by atoms with Crippen molar-refractivity contribution in [3.63, 3.8) is 0 Å². The van der Waals surface area contributed by atoms with Gasteiger partial charge in [-0.05, 0) is 18.2 Å². The molecule has 0 heterocycles. The number of nitro benzene ring substituents is 1. The molecule has 0 aliphatic carbocycles. The summed E-state index contributed by atoms with van der Waals surface area (Å²) in [5.74, 6) is 0.908. The molecular weight excluding hydrogens is 344 g/mol. The van der Waals surface area contributed by atoms with Crippen LogP contribution < -0.4 is 14.8 Å². The molecule has 25 heavy (non-hydrogen) atoms. The predicted octanol–water partition coefficient (Wildman–Crippen LogP) is 2.89. The van der Waals surface area contributed by atoms with E-state index in [0.717, 1.165) is 10.6 Å². The van der Waals surface area contributed by atoms with E-state index in [2.05, 4.69) is 5.32 Å². The second-order valence-corrected chi connectivity index (χ2v) is 6.06. The number of hydrogen-bond acceptors (Lipinski definition) is 6. The summed E-state index contributed by atoms with van der Waals surface area (Å²) in [5, 5.41) is 13.6. The molecule has 0 unspecified atom stereocenters. The van der Waals surface area contributed by atoms with Gasteiger partial charge < -0.3 is 14.8 Å². The molecule has 0 radical (unpaired) electrons. The van der Waals surface area contributed by atoms with Crippen LogP contribution in [0.15, 0.2) is 53.4 Å². The number of carbonyl (C=O) groups is 1. The zero-order valence-corrected chi connectivity index (χ0v) is 14.5. The van der Waals surface area contributed by atoms with E-state index >= 15 is 0 Å². The zero-order valence-electron chi connectivity index (χ0n) is 13.6. The topological polar surface area (TPSA) is 90.7 Å². The molecule has 0 aromatic heterocycles. The van der Waals surface area contributed by atoms with Crippen LogP contribution in [0, 0.1) is 10.1 Å². The highest BCUT2D eigenvalue weighted by Crippen LogP contribution is 2.30. The van der Waals surface area contributed by atoms with Gasteiger partial charge in [0.15, 0.2) is 6.61 Å². The van der Waals surface area contributed by atoms with E-state index in [1.165, 1.54) is 25.3 Å². The lowest BCUT2D eigenvalue weighted by Crippen LogP contribution is -2.30. The molecule has 0 saturated heterocycles. The monoisotopic (exact) mass is 362 g/mol. The SMILES string of the molecule is COc1cc(OCC(=O)NCCSc2ccccc2)ccc1[N+](=O)[O-]. The van der Waals surface area contributed by atoms with Crippen molar-refractivity contribution in [2.75, 3.05) is 26.0 Å². The highest BCUT2D eigenvalue weighted by Gasteiger charge is 2.15. The van der Waals surface area contributed by atoms with Gasteiger partial charge in [-0.25, -0.2) is 0 Å². The molecule has 8 heteroatoms. The van der Waals surface area contributed by atoms with Crippen molar-refractivity contribution in [1.29, 1.82) is 0 Å². The molecule has 1 N–H and O–H groups in total. The number of thioether (sulfide) groups is 1. The first-order chi connectivity index (χ1) is 12.1. The number of nitrogens with one attached hydrogen (secondary N) is 1. The first kappa shape index (κ1) is 18.6. The number of nitrogens with zero attached hydrogens (tertiary/aromatic N) is 1. The van der Waals surface area contributed by atoms with Crippen molar-refractivity contribution in [1.82, 2.24) is 5.32 Å². The number of ether oxygens (including phenoxy) is 2. The number of benzene rings is 2. The lowest BCUT2D eigenvalue weighted by Gasteiger charge is -2.09. The number of amides is 1. The van der Waals surface area contributed by atoms with E-state index in [9.17, 15) is 14.9 Å².